The monoisotopic (exact) mass is 405 g/mol. The summed E-state index contributed by atoms with van der Waals surface area (Å²) in [5.74, 6) is 0. The Labute approximate surface area is 158 Å². The quantitative estimate of drug-likeness (QED) is 0.177. The molecule has 0 rings (SSSR count). The zero-order valence-corrected chi connectivity index (χ0v) is 18.5. The molecule has 0 unspecified atom stereocenters. The molecule has 144 valence electrons. The normalized spacial score (nSPS) is 11.0. The molecule has 0 aromatic rings. The van der Waals surface area contributed by atoms with Crippen LogP contribution in [0.15, 0.2) is 0 Å². The van der Waals surface area contributed by atoms with Crippen LogP contribution < -0.4 is 0 Å². The van der Waals surface area contributed by atoms with Crippen molar-refractivity contribution in [3.05, 3.63) is 0 Å². The molecule has 2 nitrogen and oxygen atoms in total. The van der Waals surface area contributed by atoms with Crippen LogP contribution in [0.5, 0.6) is 0 Å². The summed E-state index contributed by atoms with van der Waals surface area (Å²) in [5, 5.41) is 1.14. The van der Waals surface area contributed by atoms with Crippen LogP contribution in [0.25, 0.3) is 0 Å². The van der Waals surface area contributed by atoms with E-state index in [2.05, 4.69) is 20.8 Å². The number of rotatable bonds is 18. The Balaban J connectivity index is 3.16. The summed E-state index contributed by atoms with van der Waals surface area (Å²) >= 11 is 0.184. The van der Waals surface area contributed by atoms with Crippen molar-refractivity contribution in [3.63, 3.8) is 0 Å². The van der Waals surface area contributed by atoms with Crippen molar-refractivity contribution in [2.24, 2.45) is 0 Å². The van der Waals surface area contributed by atoms with Crippen LogP contribution in [0.3, 0.4) is 0 Å². The summed E-state index contributed by atoms with van der Waals surface area (Å²) < 4.78 is 0. The third-order valence-electron chi connectivity index (χ3n) is 4.75. The maximum absolute atomic E-state index is 11.9. The number of carbonyl (C=O) groups excluding carboxylic acids is 1. The Bertz CT molecular complexity index is 267. The van der Waals surface area contributed by atoms with Gasteiger partial charge in [0.15, 0.2) is 0 Å². The summed E-state index contributed by atoms with van der Waals surface area (Å²) in [5.41, 5.74) is 0. The first-order chi connectivity index (χ1) is 11.8. The molecular weight excluding hydrogens is 361 g/mol. The molecule has 0 aliphatic heterocycles. The molecule has 3 heteroatoms. The second kappa shape index (κ2) is 19.3. The van der Waals surface area contributed by atoms with Gasteiger partial charge in [-0.1, -0.05) is 26.2 Å². The summed E-state index contributed by atoms with van der Waals surface area (Å²) in [6, 6.07) is 0. The van der Waals surface area contributed by atoms with Gasteiger partial charge in [0.05, 0.1) is 0 Å². The third kappa shape index (κ3) is 15.5. The second-order valence-electron chi connectivity index (χ2n) is 6.88. The van der Waals surface area contributed by atoms with Crippen molar-refractivity contribution >= 4 is 19.8 Å². The van der Waals surface area contributed by atoms with Crippen molar-refractivity contribution in [2.75, 3.05) is 13.1 Å². The van der Waals surface area contributed by atoms with E-state index in [0.717, 1.165) is 18.4 Å². The topological polar surface area (TPSA) is 20.3 Å². The number of nitrogens with zero attached hydrogens (tertiary/aromatic N) is 1. The molecule has 0 fully saturated rings. The fourth-order valence-electron chi connectivity index (χ4n) is 3.03. The van der Waals surface area contributed by atoms with E-state index >= 15 is 0 Å². The zero-order chi connectivity index (χ0) is 17.9. The minimum absolute atomic E-state index is 0.184. The zero-order valence-electron chi connectivity index (χ0n) is 16.8. The van der Waals surface area contributed by atoms with Gasteiger partial charge < -0.3 is 0 Å². The van der Waals surface area contributed by atoms with Crippen LogP contribution in [0.1, 0.15) is 111 Å². The van der Waals surface area contributed by atoms with Crippen LogP contribution in [0.4, 0.5) is 4.79 Å². The Morgan fingerprint density at radius 1 is 0.625 bits per heavy atom. The summed E-state index contributed by atoms with van der Waals surface area (Å²) in [4.78, 5) is 14.3. The van der Waals surface area contributed by atoms with Crippen molar-refractivity contribution in [2.45, 2.75) is 116 Å². The predicted octanol–water partition coefficient (Wildman–Crippen LogP) is 7.05. The van der Waals surface area contributed by atoms with Gasteiger partial charge in [0.1, 0.15) is 0 Å². The molecular formula is C21H43NOSe. The Hall–Kier alpha value is -0.0105. The van der Waals surface area contributed by atoms with Crippen LogP contribution >= 0.6 is 0 Å². The van der Waals surface area contributed by atoms with E-state index in [1.54, 1.807) is 0 Å². The number of unbranched alkanes of at least 4 members (excludes halogenated alkanes) is 13. The van der Waals surface area contributed by atoms with Crippen molar-refractivity contribution < 1.29 is 4.79 Å². The van der Waals surface area contributed by atoms with E-state index in [-0.39, 0.29) is 15.0 Å². The van der Waals surface area contributed by atoms with Gasteiger partial charge in [0.2, 0.25) is 0 Å². The second-order valence-corrected chi connectivity index (χ2v) is 9.08. The summed E-state index contributed by atoms with van der Waals surface area (Å²) in [6.07, 6.45) is 19.6. The Morgan fingerprint density at radius 3 is 1.38 bits per heavy atom. The molecule has 0 saturated carbocycles. The van der Waals surface area contributed by atoms with E-state index < -0.39 is 0 Å². The first-order valence-corrected chi connectivity index (χ1v) is 12.7. The number of carbonyl (C=O) groups is 1. The average Bonchev–Trinajstić information content (AvgIpc) is 2.59. The molecule has 0 aliphatic rings. The van der Waals surface area contributed by atoms with Gasteiger partial charge in [-0.3, -0.25) is 0 Å². The first kappa shape index (κ1) is 24.0. The first-order valence-electron chi connectivity index (χ1n) is 10.7. The molecule has 0 aromatic heterocycles. The molecule has 0 spiro atoms. The standard InChI is InChI=1S/C21H43NOSe/c1-4-7-8-9-10-11-12-13-14-15-16-17-18-19-20-24-21(23)22(5-2)6-3/h4-20H2,1-3H3. The number of hydrogen-bond donors (Lipinski definition) is 0. The molecule has 0 atom stereocenters. The molecule has 0 saturated heterocycles. The fourth-order valence-corrected chi connectivity index (χ4v) is 5.05. The Morgan fingerprint density at radius 2 is 1.00 bits per heavy atom. The molecule has 24 heavy (non-hydrogen) atoms. The molecule has 1 amide bonds. The van der Waals surface area contributed by atoms with E-state index in [0.29, 0.717) is 4.81 Å². The van der Waals surface area contributed by atoms with E-state index in [1.807, 2.05) is 4.90 Å². The van der Waals surface area contributed by atoms with Gasteiger partial charge in [-0.2, -0.15) is 0 Å². The maximum atomic E-state index is 11.9. The van der Waals surface area contributed by atoms with Crippen molar-refractivity contribution in [3.8, 4) is 0 Å². The average molecular weight is 405 g/mol. The van der Waals surface area contributed by atoms with Gasteiger partial charge in [0, 0.05) is 0 Å². The Kier molecular flexibility index (Phi) is 19.3. The van der Waals surface area contributed by atoms with E-state index in [1.165, 1.54) is 89.9 Å². The van der Waals surface area contributed by atoms with E-state index in [4.69, 9.17) is 0 Å². The minimum atomic E-state index is 0.184. The SMILES string of the molecule is CCCCCCCCCCCCCCCC[Se]C(=O)N(CC)CC. The predicted molar refractivity (Wildman–Crippen MR) is 109 cm³/mol. The fraction of sp³-hybridized carbons (Fsp3) is 0.952. The van der Waals surface area contributed by atoms with Gasteiger partial charge in [-0.25, -0.2) is 0 Å². The van der Waals surface area contributed by atoms with Crippen LogP contribution in [-0.2, 0) is 0 Å². The van der Waals surface area contributed by atoms with Gasteiger partial charge in [-0.05, 0) is 0 Å². The van der Waals surface area contributed by atoms with Gasteiger partial charge in [0.25, 0.3) is 0 Å². The van der Waals surface area contributed by atoms with Crippen LogP contribution in [-0.4, -0.2) is 37.8 Å². The number of amides is 1. The summed E-state index contributed by atoms with van der Waals surface area (Å²) in [6.45, 7) is 8.17. The van der Waals surface area contributed by atoms with E-state index in [9.17, 15) is 4.79 Å². The molecule has 0 aliphatic carbocycles. The molecule has 0 bridgehead atoms. The van der Waals surface area contributed by atoms with Crippen molar-refractivity contribution in [1.82, 2.24) is 4.90 Å². The van der Waals surface area contributed by atoms with Gasteiger partial charge >= 0.3 is 132 Å². The molecule has 0 aromatic carbocycles. The van der Waals surface area contributed by atoms with Crippen LogP contribution in [0, 0.1) is 0 Å². The molecule has 0 radical (unpaired) electrons. The summed E-state index contributed by atoms with van der Waals surface area (Å²) in [7, 11) is 0. The molecule has 0 heterocycles. The van der Waals surface area contributed by atoms with Gasteiger partial charge in [-0.15, -0.1) is 0 Å². The number of hydrogen-bond acceptors (Lipinski definition) is 1. The van der Waals surface area contributed by atoms with Crippen LogP contribution in [0.2, 0.25) is 5.32 Å². The third-order valence-corrected chi connectivity index (χ3v) is 6.84. The van der Waals surface area contributed by atoms with Crippen molar-refractivity contribution in [1.29, 1.82) is 0 Å². The molecule has 0 N–H and O–H groups in total.